The molecule has 1 rings (SSSR count). The highest BCUT2D eigenvalue weighted by Gasteiger charge is 2.33. The molecule has 0 unspecified atom stereocenters. The molecule has 0 saturated heterocycles. The number of allylic oxidation sites excluding steroid dienone is 1. The monoisotopic (exact) mass is 207 g/mol. The highest BCUT2D eigenvalue weighted by atomic mass is 16.5. The van der Waals surface area contributed by atoms with Crippen LogP contribution < -0.4 is 0 Å². The van der Waals surface area contributed by atoms with Gasteiger partial charge in [0.25, 0.3) is 0 Å². The maximum atomic E-state index is 11.5. The molecular weight excluding hydrogens is 190 g/mol. The lowest BCUT2D eigenvalue weighted by molar-refractivity contribution is -0.138. The Labute approximate surface area is 90.7 Å². The van der Waals surface area contributed by atoms with Crippen molar-refractivity contribution in [3.8, 4) is 6.07 Å². The Kier molecular flexibility index (Phi) is 3.52. The van der Waals surface area contributed by atoms with Crippen LogP contribution in [0.5, 0.6) is 0 Å². The average molecular weight is 207 g/mol. The zero-order chi connectivity index (χ0) is 11.5. The van der Waals surface area contributed by atoms with E-state index >= 15 is 0 Å². The fourth-order valence-electron chi connectivity index (χ4n) is 2.10. The third kappa shape index (κ3) is 2.38. The molecule has 3 heteroatoms. The molecular formula is C12H17NO2. The zero-order valence-corrected chi connectivity index (χ0v) is 9.59. The van der Waals surface area contributed by atoms with Gasteiger partial charge in [-0.1, -0.05) is 13.8 Å². The Morgan fingerprint density at radius 2 is 2.27 bits per heavy atom. The van der Waals surface area contributed by atoms with Gasteiger partial charge in [0.05, 0.1) is 6.61 Å². The standard InChI is InChI=1S/C12H17NO2/c1-4-15-11(14)9(8-13)10-6-5-7-12(10,2)3/h4-7H2,1-3H3. The molecule has 0 aromatic heterocycles. The van der Waals surface area contributed by atoms with Crippen LogP contribution in [0.2, 0.25) is 0 Å². The first-order chi connectivity index (χ1) is 7.03. The van der Waals surface area contributed by atoms with Gasteiger partial charge in [-0.2, -0.15) is 5.26 Å². The summed E-state index contributed by atoms with van der Waals surface area (Å²) in [6.45, 7) is 6.22. The van der Waals surface area contributed by atoms with Gasteiger partial charge in [0.15, 0.2) is 0 Å². The molecule has 15 heavy (non-hydrogen) atoms. The summed E-state index contributed by atoms with van der Waals surface area (Å²) in [5, 5.41) is 9.01. The Bertz CT molecular complexity index is 334. The fourth-order valence-corrected chi connectivity index (χ4v) is 2.10. The second-order valence-corrected chi connectivity index (χ2v) is 4.42. The van der Waals surface area contributed by atoms with E-state index in [9.17, 15) is 4.79 Å². The van der Waals surface area contributed by atoms with Crippen LogP contribution >= 0.6 is 0 Å². The van der Waals surface area contributed by atoms with Crippen LogP contribution in [0.4, 0.5) is 0 Å². The van der Waals surface area contributed by atoms with Gasteiger partial charge < -0.3 is 4.74 Å². The van der Waals surface area contributed by atoms with Crippen molar-refractivity contribution in [1.82, 2.24) is 0 Å². The molecule has 0 atom stereocenters. The molecule has 0 amide bonds. The molecule has 82 valence electrons. The van der Waals surface area contributed by atoms with Gasteiger partial charge in [-0.3, -0.25) is 0 Å². The minimum atomic E-state index is -0.468. The Balaban J connectivity index is 3.04. The quantitative estimate of drug-likeness (QED) is 0.397. The third-order valence-corrected chi connectivity index (χ3v) is 2.94. The van der Waals surface area contributed by atoms with E-state index in [1.807, 2.05) is 6.07 Å². The minimum absolute atomic E-state index is 0.0299. The van der Waals surface area contributed by atoms with E-state index in [-0.39, 0.29) is 11.0 Å². The predicted molar refractivity (Wildman–Crippen MR) is 56.9 cm³/mol. The number of hydrogen-bond acceptors (Lipinski definition) is 3. The van der Waals surface area contributed by atoms with E-state index in [0.29, 0.717) is 6.61 Å². The van der Waals surface area contributed by atoms with E-state index in [1.54, 1.807) is 6.92 Å². The second kappa shape index (κ2) is 4.48. The van der Waals surface area contributed by atoms with Gasteiger partial charge >= 0.3 is 5.97 Å². The molecule has 1 aliphatic rings. The van der Waals surface area contributed by atoms with E-state index < -0.39 is 5.97 Å². The number of hydrogen-bond donors (Lipinski definition) is 0. The zero-order valence-electron chi connectivity index (χ0n) is 9.59. The van der Waals surface area contributed by atoms with Crippen LogP contribution in [0.1, 0.15) is 40.0 Å². The van der Waals surface area contributed by atoms with Gasteiger partial charge in [-0.15, -0.1) is 0 Å². The Hall–Kier alpha value is -1.30. The van der Waals surface area contributed by atoms with Gasteiger partial charge in [0, 0.05) is 0 Å². The molecule has 0 radical (unpaired) electrons. The summed E-state index contributed by atoms with van der Waals surface area (Å²) in [6, 6.07) is 1.99. The van der Waals surface area contributed by atoms with Crippen molar-refractivity contribution < 1.29 is 9.53 Å². The number of rotatable bonds is 2. The second-order valence-electron chi connectivity index (χ2n) is 4.42. The van der Waals surface area contributed by atoms with Crippen LogP contribution in [0, 0.1) is 16.7 Å². The molecule has 3 nitrogen and oxygen atoms in total. The highest BCUT2D eigenvalue weighted by Crippen LogP contribution is 2.43. The average Bonchev–Trinajstić information content (AvgIpc) is 2.48. The molecule has 0 heterocycles. The molecule has 0 bridgehead atoms. The summed E-state index contributed by atoms with van der Waals surface area (Å²) in [7, 11) is 0. The van der Waals surface area contributed by atoms with E-state index in [0.717, 1.165) is 24.8 Å². The summed E-state index contributed by atoms with van der Waals surface area (Å²) in [5.74, 6) is -0.468. The minimum Gasteiger partial charge on any atom is -0.462 e. The maximum absolute atomic E-state index is 11.5. The molecule has 0 aliphatic heterocycles. The van der Waals surface area contributed by atoms with E-state index in [4.69, 9.17) is 10.00 Å². The van der Waals surface area contributed by atoms with Crippen LogP contribution in [0.25, 0.3) is 0 Å². The summed E-state index contributed by atoms with van der Waals surface area (Å²) in [4.78, 5) is 11.5. The van der Waals surface area contributed by atoms with Gasteiger partial charge in [0.2, 0.25) is 0 Å². The van der Waals surface area contributed by atoms with Gasteiger partial charge in [0.1, 0.15) is 11.6 Å². The Morgan fingerprint density at radius 3 is 2.67 bits per heavy atom. The molecule has 0 aromatic carbocycles. The third-order valence-electron chi connectivity index (χ3n) is 2.94. The first-order valence-corrected chi connectivity index (χ1v) is 5.33. The van der Waals surface area contributed by atoms with Crippen molar-refractivity contribution in [1.29, 1.82) is 5.26 Å². The normalized spacial score (nSPS) is 22.0. The summed E-state index contributed by atoms with van der Waals surface area (Å²) in [5.41, 5.74) is 1.15. The lowest BCUT2D eigenvalue weighted by atomic mass is 9.84. The Morgan fingerprint density at radius 1 is 1.60 bits per heavy atom. The molecule has 0 N–H and O–H groups in total. The summed E-state index contributed by atoms with van der Waals surface area (Å²) in [6.07, 6.45) is 2.93. The van der Waals surface area contributed by atoms with Gasteiger partial charge in [-0.05, 0) is 37.2 Å². The van der Waals surface area contributed by atoms with Crippen LogP contribution in [0.15, 0.2) is 11.1 Å². The van der Waals surface area contributed by atoms with Crippen LogP contribution in [-0.2, 0) is 9.53 Å². The number of carbonyl (C=O) groups excluding carboxylic acids is 1. The van der Waals surface area contributed by atoms with Gasteiger partial charge in [-0.25, -0.2) is 4.79 Å². The SMILES string of the molecule is CCOC(=O)C(C#N)=C1CCCC1(C)C. The lowest BCUT2D eigenvalue weighted by Gasteiger charge is -2.20. The number of nitrogens with zero attached hydrogens (tertiary/aromatic N) is 1. The molecule has 1 aliphatic carbocycles. The lowest BCUT2D eigenvalue weighted by Crippen LogP contribution is -2.15. The molecule has 1 saturated carbocycles. The maximum Gasteiger partial charge on any atom is 0.348 e. The van der Waals surface area contributed by atoms with Crippen molar-refractivity contribution in [3.63, 3.8) is 0 Å². The number of carbonyl (C=O) groups is 1. The number of ether oxygens (including phenoxy) is 1. The van der Waals surface area contributed by atoms with Crippen LogP contribution in [0.3, 0.4) is 0 Å². The van der Waals surface area contributed by atoms with E-state index in [2.05, 4.69) is 13.8 Å². The summed E-state index contributed by atoms with van der Waals surface area (Å²) >= 11 is 0. The van der Waals surface area contributed by atoms with E-state index in [1.165, 1.54) is 0 Å². The first-order valence-electron chi connectivity index (χ1n) is 5.33. The van der Waals surface area contributed by atoms with Crippen molar-refractivity contribution in [2.75, 3.05) is 6.61 Å². The predicted octanol–water partition coefficient (Wildman–Crippen LogP) is 2.58. The molecule has 0 spiro atoms. The smallest absolute Gasteiger partial charge is 0.348 e. The highest BCUT2D eigenvalue weighted by molar-refractivity contribution is 5.94. The summed E-state index contributed by atoms with van der Waals surface area (Å²) < 4.78 is 4.88. The fraction of sp³-hybridized carbons (Fsp3) is 0.667. The molecule has 1 fully saturated rings. The van der Waals surface area contributed by atoms with Crippen molar-refractivity contribution in [2.45, 2.75) is 40.0 Å². The topological polar surface area (TPSA) is 50.1 Å². The first kappa shape index (κ1) is 11.8. The number of nitriles is 1. The van der Waals surface area contributed by atoms with Crippen molar-refractivity contribution in [3.05, 3.63) is 11.1 Å². The van der Waals surface area contributed by atoms with Crippen LogP contribution in [-0.4, -0.2) is 12.6 Å². The van der Waals surface area contributed by atoms with Crippen molar-refractivity contribution >= 4 is 5.97 Å². The molecule has 0 aromatic rings. The number of esters is 1. The van der Waals surface area contributed by atoms with Crippen molar-refractivity contribution in [2.24, 2.45) is 5.41 Å². The largest absolute Gasteiger partial charge is 0.462 e.